The monoisotopic (exact) mass is 245 g/mol. The average molecular weight is 245 g/mol. The predicted octanol–water partition coefficient (Wildman–Crippen LogP) is 2.43. The largest absolute Gasteiger partial charge is 0.389 e. The Balaban J connectivity index is 2.16. The lowest BCUT2D eigenvalue weighted by molar-refractivity contribution is -0.134. The first-order valence-electron chi connectivity index (χ1n) is 5.66. The van der Waals surface area contributed by atoms with Crippen LogP contribution in [-0.4, -0.2) is 16.1 Å². The summed E-state index contributed by atoms with van der Waals surface area (Å²) in [5, 5.41) is 0. The number of hydrogen-bond donors (Lipinski definition) is 1. The lowest BCUT2D eigenvalue weighted by Gasteiger charge is -2.17. The number of nitrogens with zero attached hydrogens (tertiary/aromatic N) is 2. The van der Waals surface area contributed by atoms with E-state index in [1.165, 1.54) is 0 Å². The van der Waals surface area contributed by atoms with Crippen molar-refractivity contribution in [3.63, 3.8) is 0 Å². The first kappa shape index (κ1) is 12.1. The highest BCUT2D eigenvalue weighted by molar-refractivity contribution is 5.43. The molecular formula is C11H14F3N3. The number of anilines is 1. The van der Waals surface area contributed by atoms with E-state index in [0.717, 1.165) is 36.9 Å². The second-order valence-corrected chi connectivity index (χ2v) is 4.27. The molecule has 0 aliphatic heterocycles. The molecule has 0 saturated heterocycles. The van der Waals surface area contributed by atoms with Gasteiger partial charge in [0.25, 0.3) is 0 Å². The SMILES string of the molecule is Nc1nc(CCC(F)(F)F)nc2c1CCCC2. The average Bonchev–Trinajstić information content (AvgIpc) is 2.26. The Morgan fingerprint density at radius 3 is 2.53 bits per heavy atom. The van der Waals surface area contributed by atoms with E-state index in [9.17, 15) is 13.2 Å². The molecule has 0 bridgehead atoms. The van der Waals surface area contributed by atoms with Crippen LogP contribution in [0.2, 0.25) is 0 Å². The fourth-order valence-corrected chi connectivity index (χ4v) is 2.04. The van der Waals surface area contributed by atoms with Gasteiger partial charge in [0.1, 0.15) is 11.6 Å². The number of rotatable bonds is 2. The van der Waals surface area contributed by atoms with Gasteiger partial charge in [-0.05, 0) is 25.7 Å². The maximum atomic E-state index is 12.1. The molecule has 1 aromatic heterocycles. The van der Waals surface area contributed by atoms with Crippen LogP contribution in [0, 0.1) is 0 Å². The van der Waals surface area contributed by atoms with Crippen LogP contribution >= 0.6 is 0 Å². The third-order valence-corrected chi connectivity index (χ3v) is 2.89. The second kappa shape index (κ2) is 4.50. The van der Waals surface area contributed by atoms with Crippen molar-refractivity contribution < 1.29 is 13.2 Å². The minimum absolute atomic E-state index is 0.193. The standard InChI is InChI=1S/C11H14F3N3/c12-11(13,14)6-5-9-16-8-4-2-1-3-7(8)10(15)17-9/h1-6H2,(H2,15,16,17). The predicted molar refractivity (Wildman–Crippen MR) is 57.5 cm³/mol. The van der Waals surface area contributed by atoms with Gasteiger partial charge in [-0.2, -0.15) is 13.2 Å². The van der Waals surface area contributed by atoms with E-state index in [4.69, 9.17) is 5.73 Å². The van der Waals surface area contributed by atoms with E-state index in [0.29, 0.717) is 5.82 Å². The van der Waals surface area contributed by atoms with Gasteiger partial charge in [-0.3, -0.25) is 0 Å². The highest BCUT2D eigenvalue weighted by atomic mass is 19.4. The number of nitrogens with two attached hydrogens (primary N) is 1. The Kier molecular flexibility index (Phi) is 3.22. The summed E-state index contributed by atoms with van der Waals surface area (Å²) in [6, 6.07) is 0. The van der Waals surface area contributed by atoms with Crippen LogP contribution < -0.4 is 5.73 Å². The van der Waals surface area contributed by atoms with Gasteiger partial charge < -0.3 is 5.73 Å². The van der Waals surface area contributed by atoms with Crippen LogP contribution in [0.5, 0.6) is 0 Å². The number of alkyl halides is 3. The molecule has 2 rings (SSSR count). The summed E-state index contributed by atoms with van der Waals surface area (Å²) in [5.41, 5.74) is 7.51. The van der Waals surface area contributed by atoms with E-state index in [-0.39, 0.29) is 12.2 Å². The molecule has 17 heavy (non-hydrogen) atoms. The summed E-state index contributed by atoms with van der Waals surface area (Å²) >= 11 is 0. The number of fused-ring (bicyclic) bond motifs is 1. The summed E-state index contributed by atoms with van der Waals surface area (Å²) in [6.45, 7) is 0. The van der Waals surface area contributed by atoms with Crippen LogP contribution in [0.1, 0.15) is 36.3 Å². The van der Waals surface area contributed by atoms with Crippen molar-refractivity contribution in [3.8, 4) is 0 Å². The Labute approximate surface area is 97.3 Å². The zero-order chi connectivity index (χ0) is 12.5. The van der Waals surface area contributed by atoms with E-state index < -0.39 is 12.6 Å². The van der Waals surface area contributed by atoms with Crippen molar-refractivity contribution in [2.24, 2.45) is 0 Å². The maximum Gasteiger partial charge on any atom is 0.389 e. The zero-order valence-corrected chi connectivity index (χ0v) is 9.35. The first-order chi connectivity index (χ1) is 7.96. The number of halogens is 3. The lowest BCUT2D eigenvalue weighted by Crippen LogP contribution is -2.15. The minimum atomic E-state index is -4.17. The van der Waals surface area contributed by atoms with Crippen molar-refractivity contribution in [1.29, 1.82) is 0 Å². The molecule has 0 amide bonds. The highest BCUT2D eigenvalue weighted by Gasteiger charge is 2.27. The highest BCUT2D eigenvalue weighted by Crippen LogP contribution is 2.25. The number of hydrogen-bond acceptors (Lipinski definition) is 3. The van der Waals surface area contributed by atoms with E-state index in [2.05, 4.69) is 9.97 Å². The molecule has 0 spiro atoms. The van der Waals surface area contributed by atoms with Gasteiger partial charge in [-0.1, -0.05) is 0 Å². The van der Waals surface area contributed by atoms with Crippen LogP contribution in [0.25, 0.3) is 0 Å². The van der Waals surface area contributed by atoms with Crippen molar-refractivity contribution in [3.05, 3.63) is 17.1 Å². The van der Waals surface area contributed by atoms with E-state index in [1.54, 1.807) is 0 Å². The summed E-state index contributed by atoms with van der Waals surface area (Å²) in [4.78, 5) is 8.14. The van der Waals surface area contributed by atoms with Crippen molar-refractivity contribution in [2.45, 2.75) is 44.7 Å². The Bertz CT molecular complexity index is 415. The van der Waals surface area contributed by atoms with Crippen LogP contribution in [-0.2, 0) is 19.3 Å². The van der Waals surface area contributed by atoms with Gasteiger partial charge in [0, 0.05) is 17.7 Å². The van der Waals surface area contributed by atoms with Gasteiger partial charge in [0.2, 0.25) is 0 Å². The van der Waals surface area contributed by atoms with Gasteiger partial charge in [0.05, 0.1) is 6.42 Å². The molecule has 0 unspecified atom stereocenters. The van der Waals surface area contributed by atoms with Gasteiger partial charge >= 0.3 is 6.18 Å². The van der Waals surface area contributed by atoms with Crippen molar-refractivity contribution in [2.75, 3.05) is 5.73 Å². The maximum absolute atomic E-state index is 12.1. The smallest absolute Gasteiger partial charge is 0.383 e. The quantitative estimate of drug-likeness (QED) is 0.870. The summed E-state index contributed by atoms with van der Waals surface area (Å²) < 4.78 is 36.3. The van der Waals surface area contributed by atoms with Gasteiger partial charge in [-0.15, -0.1) is 0 Å². The molecule has 0 fully saturated rings. The molecule has 1 heterocycles. The molecule has 0 radical (unpaired) electrons. The molecule has 2 N–H and O–H groups in total. The molecule has 0 aromatic carbocycles. The Morgan fingerprint density at radius 2 is 1.82 bits per heavy atom. The van der Waals surface area contributed by atoms with Crippen LogP contribution in [0.3, 0.4) is 0 Å². The Hall–Kier alpha value is -1.33. The van der Waals surface area contributed by atoms with Crippen LogP contribution in [0.4, 0.5) is 19.0 Å². The molecule has 0 atom stereocenters. The normalized spacial score (nSPS) is 15.7. The number of nitrogen functional groups attached to an aromatic ring is 1. The lowest BCUT2D eigenvalue weighted by atomic mass is 9.96. The molecule has 3 nitrogen and oxygen atoms in total. The molecule has 1 aromatic rings. The third-order valence-electron chi connectivity index (χ3n) is 2.89. The second-order valence-electron chi connectivity index (χ2n) is 4.27. The Morgan fingerprint density at radius 1 is 1.12 bits per heavy atom. The van der Waals surface area contributed by atoms with Crippen molar-refractivity contribution in [1.82, 2.24) is 9.97 Å². The molecule has 1 aliphatic rings. The molecule has 0 saturated carbocycles. The van der Waals surface area contributed by atoms with Crippen molar-refractivity contribution >= 4 is 5.82 Å². The summed E-state index contributed by atoms with van der Waals surface area (Å²) in [6.07, 6.45) is -1.58. The van der Waals surface area contributed by atoms with E-state index >= 15 is 0 Å². The molecule has 6 heteroatoms. The van der Waals surface area contributed by atoms with E-state index in [1.807, 2.05) is 0 Å². The first-order valence-corrected chi connectivity index (χ1v) is 5.66. The molecule has 94 valence electrons. The zero-order valence-electron chi connectivity index (χ0n) is 9.35. The fourth-order valence-electron chi connectivity index (χ4n) is 2.04. The van der Waals surface area contributed by atoms with Gasteiger partial charge in [0.15, 0.2) is 0 Å². The summed E-state index contributed by atoms with van der Waals surface area (Å²) in [5.74, 6) is 0.562. The fraction of sp³-hybridized carbons (Fsp3) is 0.636. The number of aromatic nitrogens is 2. The van der Waals surface area contributed by atoms with Crippen LogP contribution in [0.15, 0.2) is 0 Å². The summed E-state index contributed by atoms with van der Waals surface area (Å²) in [7, 11) is 0. The topological polar surface area (TPSA) is 51.8 Å². The third kappa shape index (κ3) is 3.08. The molecule has 1 aliphatic carbocycles. The number of aryl methyl sites for hydroxylation is 2. The molecular weight excluding hydrogens is 231 g/mol. The minimum Gasteiger partial charge on any atom is -0.383 e. The van der Waals surface area contributed by atoms with Gasteiger partial charge in [-0.25, -0.2) is 9.97 Å².